The molecule has 0 spiro atoms. The first-order chi connectivity index (χ1) is 5.38. The Morgan fingerprint density at radius 3 is 3.09 bits per heavy atom. The Morgan fingerprint density at radius 1 is 1.64 bits per heavy atom. The fraction of sp³-hybridized carbons (Fsp3) is 0.800. The molecule has 0 aliphatic rings. The molecular formula is C5H9ClN4S. The molecule has 4 nitrogen and oxygen atoms in total. The summed E-state index contributed by atoms with van der Waals surface area (Å²) in [5, 5.41) is 11.0. The second kappa shape index (κ2) is 4.56. The van der Waals surface area contributed by atoms with E-state index in [0.717, 1.165) is 18.1 Å². The molecule has 11 heavy (non-hydrogen) atoms. The van der Waals surface area contributed by atoms with E-state index >= 15 is 0 Å². The van der Waals surface area contributed by atoms with Crippen LogP contribution < -0.4 is 0 Å². The lowest BCUT2D eigenvalue weighted by molar-refractivity contribution is 0.614. The summed E-state index contributed by atoms with van der Waals surface area (Å²) in [6, 6.07) is 0. The zero-order valence-corrected chi connectivity index (χ0v) is 7.77. The Balaban J connectivity index is 2.54. The van der Waals surface area contributed by atoms with Crippen molar-refractivity contribution in [2.45, 2.75) is 12.4 Å². The average molecular weight is 193 g/mol. The lowest BCUT2D eigenvalue weighted by atomic mass is 10.6. The summed E-state index contributed by atoms with van der Waals surface area (Å²) in [4.78, 5) is 0. The molecule has 0 saturated heterocycles. The van der Waals surface area contributed by atoms with Gasteiger partial charge in [0.25, 0.3) is 0 Å². The van der Waals surface area contributed by atoms with Crippen LogP contribution in [0.3, 0.4) is 0 Å². The first-order valence-electron chi connectivity index (χ1n) is 3.18. The lowest BCUT2D eigenvalue weighted by Gasteiger charge is -1.98. The summed E-state index contributed by atoms with van der Waals surface area (Å²) < 4.78 is 1.73. The highest BCUT2D eigenvalue weighted by Gasteiger charge is 2.01. The Hall–Kier alpha value is -0.290. The van der Waals surface area contributed by atoms with Gasteiger partial charge in [-0.05, 0) is 16.7 Å². The monoisotopic (exact) mass is 192 g/mol. The number of tetrazole rings is 1. The quantitative estimate of drug-likeness (QED) is 0.662. The number of nitrogens with zero attached hydrogens (tertiary/aromatic N) is 4. The minimum Gasteiger partial charge on any atom is -0.228 e. The summed E-state index contributed by atoms with van der Waals surface area (Å²) in [7, 11) is 0. The SMILES string of the molecule is CSCCn1nnnc1CCl. The van der Waals surface area contributed by atoms with Crippen molar-refractivity contribution in [2.24, 2.45) is 0 Å². The summed E-state index contributed by atoms with van der Waals surface area (Å²) >= 11 is 7.34. The summed E-state index contributed by atoms with van der Waals surface area (Å²) in [6.07, 6.45) is 2.05. The van der Waals surface area contributed by atoms with Crippen LogP contribution in [0.2, 0.25) is 0 Å². The molecule has 0 fully saturated rings. The summed E-state index contributed by atoms with van der Waals surface area (Å²) in [6.45, 7) is 0.830. The molecule has 0 unspecified atom stereocenters. The topological polar surface area (TPSA) is 43.6 Å². The molecule has 1 rings (SSSR count). The number of alkyl halides is 1. The van der Waals surface area contributed by atoms with Crippen molar-refractivity contribution < 1.29 is 0 Å². The molecule has 0 aliphatic heterocycles. The third-order valence-electron chi connectivity index (χ3n) is 1.23. The van der Waals surface area contributed by atoms with E-state index in [-0.39, 0.29) is 0 Å². The van der Waals surface area contributed by atoms with Gasteiger partial charge in [0.1, 0.15) is 0 Å². The van der Waals surface area contributed by atoms with Gasteiger partial charge >= 0.3 is 0 Å². The van der Waals surface area contributed by atoms with Crippen molar-refractivity contribution in [3.63, 3.8) is 0 Å². The van der Waals surface area contributed by atoms with Gasteiger partial charge in [0.05, 0.1) is 12.4 Å². The van der Waals surface area contributed by atoms with E-state index in [2.05, 4.69) is 15.5 Å². The number of hydrogen-bond donors (Lipinski definition) is 0. The van der Waals surface area contributed by atoms with Crippen LogP contribution in [0.5, 0.6) is 0 Å². The zero-order chi connectivity index (χ0) is 8.10. The van der Waals surface area contributed by atoms with Crippen molar-refractivity contribution in [3.8, 4) is 0 Å². The maximum atomic E-state index is 5.58. The first-order valence-corrected chi connectivity index (χ1v) is 5.11. The first kappa shape index (κ1) is 8.80. The third-order valence-corrected chi connectivity index (χ3v) is 2.06. The van der Waals surface area contributed by atoms with Crippen molar-refractivity contribution in [1.82, 2.24) is 20.2 Å². The fourth-order valence-corrected chi connectivity index (χ4v) is 1.22. The van der Waals surface area contributed by atoms with Gasteiger partial charge in [0.2, 0.25) is 0 Å². The minimum atomic E-state index is 0.376. The van der Waals surface area contributed by atoms with Crippen molar-refractivity contribution in [2.75, 3.05) is 12.0 Å². The molecule has 0 N–H and O–H groups in total. The smallest absolute Gasteiger partial charge is 0.166 e. The molecule has 1 aromatic heterocycles. The van der Waals surface area contributed by atoms with Gasteiger partial charge in [-0.3, -0.25) is 0 Å². The summed E-state index contributed by atoms with van der Waals surface area (Å²) in [5.41, 5.74) is 0. The van der Waals surface area contributed by atoms with Crippen LogP contribution in [0.1, 0.15) is 5.82 Å². The number of halogens is 1. The molecule has 0 amide bonds. The maximum absolute atomic E-state index is 5.58. The number of rotatable bonds is 4. The van der Waals surface area contributed by atoms with E-state index in [4.69, 9.17) is 11.6 Å². The number of aryl methyl sites for hydroxylation is 1. The van der Waals surface area contributed by atoms with Gasteiger partial charge in [-0.2, -0.15) is 11.8 Å². The molecule has 0 radical (unpaired) electrons. The highest BCUT2D eigenvalue weighted by molar-refractivity contribution is 7.98. The normalized spacial score (nSPS) is 10.4. The maximum Gasteiger partial charge on any atom is 0.166 e. The minimum absolute atomic E-state index is 0.376. The largest absolute Gasteiger partial charge is 0.228 e. The fourth-order valence-electron chi connectivity index (χ4n) is 0.670. The van der Waals surface area contributed by atoms with Gasteiger partial charge < -0.3 is 0 Å². The van der Waals surface area contributed by atoms with Gasteiger partial charge in [-0.25, -0.2) is 4.68 Å². The van der Waals surface area contributed by atoms with Gasteiger partial charge in [-0.15, -0.1) is 16.7 Å². The molecule has 0 aliphatic carbocycles. The lowest BCUT2D eigenvalue weighted by Crippen LogP contribution is -2.06. The van der Waals surface area contributed by atoms with E-state index in [0.29, 0.717) is 5.88 Å². The second-order valence-corrected chi connectivity index (χ2v) is 3.20. The molecule has 62 valence electrons. The predicted molar refractivity (Wildman–Crippen MR) is 45.8 cm³/mol. The van der Waals surface area contributed by atoms with Crippen molar-refractivity contribution in [3.05, 3.63) is 5.82 Å². The molecule has 1 aromatic rings. The number of aromatic nitrogens is 4. The van der Waals surface area contributed by atoms with E-state index in [1.54, 1.807) is 16.4 Å². The van der Waals surface area contributed by atoms with Crippen LogP contribution in [-0.4, -0.2) is 32.2 Å². The predicted octanol–water partition coefficient (Wildman–Crippen LogP) is 0.775. The molecule has 0 atom stereocenters. The molecule has 0 saturated carbocycles. The van der Waals surface area contributed by atoms with Crippen LogP contribution in [0.4, 0.5) is 0 Å². The van der Waals surface area contributed by atoms with Gasteiger partial charge in [0, 0.05) is 5.75 Å². The zero-order valence-electron chi connectivity index (χ0n) is 6.20. The summed E-state index contributed by atoms with van der Waals surface area (Å²) in [5.74, 6) is 2.12. The molecule has 0 aromatic carbocycles. The Bertz CT molecular complexity index is 214. The number of hydrogen-bond acceptors (Lipinski definition) is 4. The van der Waals surface area contributed by atoms with E-state index < -0.39 is 0 Å². The van der Waals surface area contributed by atoms with Crippen molar-refractivity contribution >= 4 is 23.4 Å². The van der Waals surface area contributed by atoms with Crippen molar-refractivity contribution in [1.29, 1.82) is 0 Å². The molecule has 6 heteroatoms. The van der Waals surface area contributed by atoms with Gasteiger partial charge in [-0.1, -0.05) is 0 Å². The Labute approximate surface area is 74.3 Å². The van der Waals surface area contributed by atoms with Crippen LogP contribution in [-0.2, 0) is 12.4 Å². The van der Waals surface area contributed by atoms with Gasteiger partial charge in [0.15, 0.2) is 5.82 Å². The van der Waals surface area contributed by atoms with Crippen LogP contribution in [0, 0.1) is 0 Å². The van der Waals surface area contributed by atoms with E-state index in [1.165, 1.54) is 0 Å². The van der Waals surface area contributed by atoms with E-state index in [1.807, 2.05) is 6.26 Å². The third kappa shape index (κ3) is 2.34. The highest BCUT2D eigenvalue weighted by atomic mass is 35.5. The Kier molecular flexibility index (Phi) is 3.65. The standard InChI is InChI=1S/C5H9ClN4S/c1-11-3-2-10-5(4-6)7-8-9-10/h2-4H2,1H3. The molecular weight excluding hydrogens is 184 g/mol. The van der Waals surface area contributed by atoms with Crippen LogP contribution in [0.25, 0.3) is 0 Å². The number of thioether (sulfide) groups is 1. The molecule has 1 heterocycles. The van der Waals surface area contributed by atoms with E-state index in [9.17, 15) is 0 Å². The second-order valence-electron chi connectivity index (χ2n) is 1.94. The molecule has 0 bridgehead atoms. The average Bonchev–Trinajstić information content (AvgIpc) is 2.47. The highest BCUT2D eigenvalue weighted by Crippen LogP contribution is 1.99. The van der Waals surface area contributed by atoms with Crippen LogP contribution in [0.15, 0.2) is 0 Å². The Morgan fingerprint density at radius 2 is 2.45 bits per heavy atom. The van der Waals surface area contributed by atoms with Crippen LogP contribution >= 0.6 is 23.4 Å².